The maximum absolute atomic E-state index is 12.5. The number of likely N-dealkylation sites (tertiary alicyclic amines) is 1. The van der Waals surface area contributed by atoms with Gasteiger partial charge in [-0.2, -0.15) is 5.10 Å². The monoisotopic (exact) mass is 381 g/mol. The second-order valence-corrected chi connectivity index (χ2v) is 7.80. The van der Waals surface area contributed by atoms with Gasteiger partial charge in [-0.1, -0.05) is 29.8 Å². The lowest BCUT2D eigenvalue weighted by Gasteiger charge is -2.23. The Morgan fingerprint density at radius 2 is 2.19 bits per heavy atom. The number of carbonyl (C=O) groups excluding carboxylic acids is 1. The summed E-state index contributed by atoms with van der Waals surface area (Å²) in [7, 11) is 0. The van der Waals surface area contributed by atoms with Crippen LogP contribution in [0.2, 0.25) is 0 Å². The molecule has 1 fully saturated rings. The molecule has 6 nitrogen and oxygen atoms in total. The molecule has 7 heteroatoms. The van der Waals surface area contributed by atoms with Crippen molar-refractivity contribution in [2.75, 3.05) is 18.4 Å². The van der Waals surface area contributed by atoms with E-state index in [2.05, 4.69) is 51.5 Å². The van der Waals surface area contributed by atoms with Crippen molar-refractivity contribution < 1.29 is 4.79 Å². The van der Waals surface area contributed by atoms with Crippen molar-refractivity contribution in [1.82, 2.24) is 19.7 Å². The number of amides is 1. The van der Waals surface area contributed by atoms with E-state index in [1.54, 1.807) is 6.20 Å². The summed E-state index contributed by atoms with van der Waals surface area (Å²) < 4.78 is 1.94. The van der Waals surface area contributed by atoms with Crippen molar-refractivity contribution in [3.05, 3.63) is 53.7 Å². The zero-order chi connectivity index (χ0) is 18.6. The number of hydrogen-bond donors (Lipinski definition) is 1. The van der Waals surface area contributed by atoms with Crippen LogP contribution in [0, 0.1) is 6.92 Å². The molecule has 1 atom stereocenters. The summed E-state index contributed by atoms with van der Waals surface area (Å²) in [5, 5.41) is 9.87. The number of nitrogens with one attached hydrogen (secondary N) is 1. The second-order valence-electron chi connectivity index (χ2n) is 6.95. The predicted octanol–water partition coefficient (Wildman–Crippen LogP) is 3.42. The summed E-state index contributed by atoms with van der Waals surface area (Å²) in [4.78, 5) is 19.3. The van der Waals surface area contributed by atoms with Crippen molar-refractivity contribution in [2.45, 2.75) is 32.4 Å². The molecule has 0 spiro atoms. The Hall–Kier alpha value is -2.51. The molecule has 2 aromatic heterocycles. The fourth-order valence-electron chi connectivity index (χ4n) is 3.47. The van der Waals surface area contributed by atoms with Gasteiger partial charge in [0.2, 0.25) is 5.91 Å². The molecule has 0 unspecified atom stereocenters. The molecule has 1 aliphatic rings. The van der Waals surface area contributed by atoms with E-state index in [1.807, 2.05) is 22.3 Å². The Kier molecular flexibility index (Phi) is 5.31. The zero-order valence-corrected chi connectivity index (χ0v) is 16.2. The molecule has 1 N–H and O–H groups in total. The van der Waals surface area contributed by atoms with Gasteiger partial charge in [-0.3, -0.25) is 14.4 Å². The third-order valence-electron chi connectivity index (χ3n) is 4.90. The average molecular weight is 382 g/mol. The van der Waals surface area contributed by atoms with Crippen LogP contribution >= 0.6 is 11.3 Å². The number of aromatic nitrogens is 3. The minimum Gasteiger partial charge on any atom is -0.301 e. The largest absolute Gasteiger partial charge is 0.301 e. The van der Waals surface area contributed by atoms with Crippen LogP contribution in [-0.4, -0.2) is 44.7 Å². The molecule has 0 aliphatic carbocycles. The summed E-state index contributed by atoms with van der Waals surface area (Å²) in [6.45, 7) is 4.24. The van der Waals surface area contributed by atoms with Crippen molar-refractivity contribution in [2.24, 2.45) is 0 Å². The molecular weight excluding hydrogens is 358 g/mol. The minimum absolute atomic E-state index is 0.00725. The predicted molar refractivity (Wildman–Crippen MR) is 108 cm³/mol. The van der Waals surface area contributed by atoms with E-state index < -0.39 is 0 Å². The van der Waals surface area contributed by atoms with Gasteiger partial charge in [0.05, 0.1) is 18.8 Å². The highest BCUT2D eigenvalue weighted by atomic mass is 32.1. The molecule has 0 bridgehead atoms. The quantitative estimate of drug-likeness (QED) is 0.711. The van der Waals surface area contributed by atoms with E-state index in [4.69, 9.17) is 0 Å². The van der Waals surface area contributed by atoms with E-state index in [1.165, 1.54) is 16.9 Å². The van der Waals surface area contributed by atoms with Gasteiger partial charge in [0, 0.05) is 29.4 Å². The zero-order valence-electron chi connectivity index (χ0n) is 15.3. The Balaban J connectivity index is 1.34. The van der Waals surface area contributed by atoms with Crippen molar-refractivity contribution >= 4 is 22.4 Å². The maximum Gasteiger partial charge on any atom is 0.240 e. The van der Waals surface area contributed by atoms with Gasteiger partial charge in [-0.25, -0.2) is 4.98 Å². The molecule has 1 aromatic carbocycles. The van der Waals surface area contributed by atoms with Gasteiger partial charge in [-0.15, -0.1) is 11.3 Å². The van der Waals surface area contributed by atoms with Crippen LogP contribution in [-0.2, 0) is 11.3 Å². The number of rotatable bonds is 6. The highest BCUT2D eigenvalue weighted by molar-refractivity contribution is 7.14. The topological polar surface area (TPSA) is 63.1 Å². The fourth-order valence-corrected chi connectivity index (χ4v) is 4.20. The van der Waals surface area contributed by atoms with Crippen LogP contribution < -0.4 is 5.32 Å². The Bertz CT molecular complexity index is 888. The standard InChI is InChI=1S/C20H23N5OS/c1-15-5-7-16(8-6-15)18-14-27-20(22-18)23-19(26)13-24-10-2-4-17(24)12-25-11-3-9-21-25/h3,5-9,11,14,17H,2,4,10,12-13H2,1H3,(H,22,23,26)/t17-/m0/s1. The van der Waals surface area contributed by atoms with Crippen LogP contribution in [0.5, 0.6) is 0 Å². The van der Waals surface area contributed by atoms with Gasteiger partial charge in [0.25, 0.3) is 0 Å². The first kappa shape index (κ1) is 17.9. The molecule has 1 amide bonds. The van der Waals surface area contributed by atoms with Gasteiger partial charge in [-0.05, 0) is 32.4 Å². The Morgan fingerprint density at radius 3 is 2.96 bits per heavy atom. The van der Waals surface area contributed by atoms with Crippen molar-refractivity contribution in [3.63, 3.8) is 0 Å². The SMILES string of the molecule is Cc1ccc(-c2csc(NC(=O)CN3CCC[C@H]3Cn3cccn3)n2)cc1. The number of carbonyl (C=O) groups is 1. The lowest BCUT2D eigenvalue weighted by Crippen LogP contribution is -2.39. The van der Waals surface area contributed by atoms with Crippen LogP contribution in [0.3, 0.4) is 0 Å². The number of anilines is 1. The van der Waals surface area contributed by atoms with Gasteiger partial charge in [0.1, 0.15) is 0 Å². The smallest absolute Gasteiger partial charge is 0.240 e. The van der Waals surface area contributed by atoms with Crippen LogP contribution in [0.4, 0.5) is 5.13 Å². The van der Waals surface area contributed by atoms with Crippen molar-refractivity contribution in [1.29, 1.82) is 0 Å². The third kappa shape index (κ3) is 4.43. The summed E-state index contributed by atoms with van der Waals surface area (Å²) in [6, 6.07) is 10.5. The van der Waals surface area contributed by atoms with E-state index in [0.717, 1.165) is 37.2 Å². The summed E-state index contributed by atoms with van der Waals surface area (Å²) in [6.07, 6.45) is 5.98. The second kappa shape index (κ2) is 8.02. The lowest BCUT2D eigenvalue weighted by atomic mass is 10.1. The molecule has 1 saturated heterocycles. The number of hydrogen-bond acceptors (Lipinski definition) is 5. The molecule has 3 heterocycles. The average Bonchev–Trinajstić information content (AvgIpc) is 3.40. The van der Waals surface area contributed by atoms with E-state index in [9.17, 15) is 4.79 Å². The molecule has 140 valence electrons. The molecule has 1 aliphatic heterocycles. The maximum atomic E-state index is 12.5. The van der Waals surface area contributed by atoms with Crippen LogP contribution in [0.25, 0.3) is 11.3 Å². The van der Waals surface area contributed by atoms with Crippen LogP contribution in [0.15, 0.2) is 48.1 Å². The lowest BCUT2D eigenvalue weighted by molar-refractivity contribution is -0.117. The first-order valence-electron chi connectivity index (χ1n) is 9.21. The molecule has 27 heavy (non-hydrogen) atoms. The molecule has 0 radical (unpaired) electrons. The first-order chi connectivity index (χ1) is 13.2. The summed E-state index contributed by atoms with van der Waals surface area (Å²) in [5.41, 5.74) is 3.18. The molecule has 0 saturated carbocycles. The Morgan fingerprint density at radius 1 is 1.33 bits per heavy atom. The highest BCUT2D eigenvalue weighted by Crippen LogP contribution is 2.25. The van der Waals surface area contributed by atoms with E-state index >= 15 is 0 Å². The van der Waals surface area contributed by atoms with Crippen LogP contribution in [0.1, 0.15) is 18.4 Å². The van der Waals surface area contributed by atoms with Gasteiger partial charge < -0.3 is 5.32 Å². The molecular formula is C20H23N5OS. The highest BCUT2D eigenvalue weighted by Gasteiger charge is 2.26. The number of aryl methyl sites for hydroxylation is 1. The van der Waals surface area contributed by atoms with Gasteiger partial charge >= 0.3 is 0 Å². The Labute approximate surface area is 162 Å². The third-order valence-corrected chi connectivity index (χ3v) is 5.66. The minimum atomic E-state index is -0.00725. The van der Waals surface area contributed by atoms with E-state index in [-0.39, 0.29) is 5.91 Å². The summed E-state index contributed by atoms with van der Waals surface area (Å²) >= 11 is 1.46. The number of nitrogens with zero attached hydrogens (tertiary/aromatic N) is 4. The summed E-state index contributed by atoms with van der Waals surface area (Å²) in [5.74, 6) is -0.00725. The molecule has 4 rings (SSSR count). The number of benzene rings is 1. The van der Waals surface area contributed by atoms with Gasteiger partial charge in [0.15, 0.2) is 5.13 Å². The number of thiazole rings is 1. The molecule has 3 aromatic rings. The van der Waals surface area contributed by atoms with Crippen molar-refractivity contribution in [3.8, 4) is 11.3 Å². The fraction of sp³-hybridized carbons (Fsp3) is 0.350. The first-order valence-corrected chi connectivity index (χ1v) is 10.1. The normalized spacial score (nSPS) is 17.3. The van der Waals surface area contributed by atoms with E-state index in [0.29, 0.717) is 17.7 Å².